The van der Waals surface area contributed by atoms with Crippen molar-refractivity contribution in [1.29, 1.82) is 0 Å². The lowest BCUT2D eigenvalue weighted by Crippen LogP contribution is -1.79. The first-order chi connectivity index (χ1) is 5.90. The second-order valence-corrected chi connectivity index (χ2v) is 2.57. The van der Waals surface area contributed by atoms with E-state index in [1.165, 1.54) is 6.21 Å². The average Bonchev–Trinajstić information content (AvgIpc) is 2.51. The highest BCUT2D eigenvalue weighted by Gasteiger charge is 1.93. The number of oxime groups is 1. The number of benzene rings is 1. The van der Waals surface area contributed by atoms with Crippen LogP contribution in [0.5, 0.6) is 0 Å². The number of fused-ring (bicyclic) bond motifs is 1. The molecule has 1 heterocycles. The van der Waals surface area contributed by atoms with Gasteiger partial charge in [0, 0.05) is 11.7 Å². The fourth-order valence-electron chi connectivity index (χ4n) is 1.21. The molecule has 3 nitrogen and oxygen atoms in total. The fourth-order valence-corrected chi connectivity index (χ4v) is 1.21. The molecule has 0 atom stereocenters. The van der Waals surface area contributed by atoms with Crippen LogP contribution in [0.15, 0.2) is 35.6 Å². The van der Waals surface area contributed by atoms with E-state index in [0.717, 1.165) is 16.5 Å². The van der Waals surface area contributed by atoms with Gasteiger partial charge in [0.1, 0.15) is 0 Å². The first kappa shape index (κ1) is 6.91. The molecule has 0 fully saturated rings. The van der Waals surface area contributed by atoms with E-state index < -0.39 is 0 Å². The van der Waals surface area contributed by atoms with Crippen LogP contribution >= 0.6 is 0 Å². The van der Waals surface area contributed by atoms with Gasteiger partial charge in [0.05, 0.1) is 6.21 Å². The van der Waals surface area contributed by atoms with Gasteiger partial charge in [-0.3, -0.25) is 0 Å². The van der Waals surface area contributed by atoms with Gasteiger partial charge in [-0.1, -0.05) is 17.3 Å². The maximum Gasteiger partial charge on any atom is 0.0734 e. The summed E-state index contributed by atoms with van der Waals surface area (Å²) in [5, 5.41) is 12.4. The van der Waals surface area contributed by atoms with Crippen LogP contribution in [0.1, 0.15) is 5.56 Å². The molecule has 1 aromatic carbocycles. The topological polar surface area (TPSA) is 48.4 Å². The number of aromatic nitrogens is 1. The molecule has 0 aliphatic carbocycles. The zero-order valence-electron chi connectivity index (χ0n) is 6.36. The van der Waals surface area contributed by atoms with Crippen LogP contribution in [0.3, 0.4) is 0 Å². The first-order valence-corrected chi connectivity index (χ1v) is 3.65. The summed E-state index contributed by atoms with van der Waals surface area (Å²) in [7, 11) is 0. The number of nitrogens with one attached hydrogen (secondary N) is 1. The van der Waals surface area contributed by atoms with Crippen LogP contribution in [0.2, 0.25) is 0 Å². The van der Waals surface area contributed by atoms with Crippen molar-refractivity contribution in [3.8, 4) is 0 Å². The van der Waals surface area contributed by atoms with Crippen molar-refractivity contribution < 1.29 is 5.21 Å². The molecule has 1 aromatic heterocycles. The van der Waals surface area contributed by atoms with Crippen molar-refractivity contribution in [3.63, 3.8) is 0 Å². The summed E-state index contributed by atoms with van der Waals surface area (Å²) in [5.41, 5.74) is 1.93. The van der Waals surface area contributed by atoms with Gasteiger partial charge in [0.15, 0.2) is 0 Å². The second kappa shape index (κ2) is 2.70. The van der Waals surface area contributed by atoms with Crippen molar-refractivity contribution in [2.45, 2.75) is 0 Å². The minimum absolute atomic E-state index is 0.882. The number of H-pyrrole nitrogens is 1. The summed E-state index contributed by atoms with van der Waals surface area (Å²) in [4.78, 5) is 3.08. The molecule has 0 bridgehead atoms. The Labute approximate surface area is 69.3 Å². The predicted molar refractivity (Wildman–Crippen MR) is 47.7 cm³/mol. The Morgan fingerprint density at radius 3 is 3.08 bits per heavy atom. The summed E-state index contributed by atoms with van der Waals surface area (Å²) in [6, 6.07) is 7.79. The monoisotopic (exact) mass is 160 g/mol. The van der Waals surface area contributed by atoms with Crippen molar-refractivity contribution >= 4 is 17.1 Å². The predicted octanol–water partition coefficient (Wildman–Crippen LogP) is 1.98. The molecule has 0 saturated heterocycles. The quantitative estimate of drug-likeness (QED) is 0.374. The maximum absolute atomic E-state index is 8.30. The smallest absolute Gasteiger partial charge is 0.0734 e. The number of nitrogens with zero attached hydrogens (tertiary/aromatic N) is 1. The summed E-state index contributed by atoms with van der Waals surface area (Å²) in [6.45, 7) is 0. The van der Waals surface area contributed by atoms with E-state index in [4.69, 9.17) is 5.21 Å². The summed E-state index contributed by atoms with van der Waals surface area (Å²) in [6.07, 6.45) is 3.28. The number of hydrogen-bond donors (Lipinski definition) is 2. The largest absolute Gasteiger partial charge is 0.411 e. The lowest BCUT2D eigenvalue weighted by atomic mass is 10.2. The van der Waals surface area contributed by atoms with Gasteiger partial charge < -0.3 is 10.2 Å². The molecule has 0 aliphatic rings. The minimum Gasteiger partial charge on any atom is -0.411 e. The van der Waals surface area contributed by atoms with Gasteiger partial charge >= 0.3 is 0 Å². The van der Waals surface area contributed by atoms with Crippen LogP contribution in [0, 0.1) is 0 Å². The summed E-state index contributed by atoms with van der Waals surface area (Å²) < 4.78 is 0. The van der Waals surface area contributed by atoms with Crippen LogP contribution in [0.25, 0.3) is 10.9 Å². The molecule has 12 heavy (non-hydrogen) atoms. The van der Waals surface area contributed by atoms with Crippen molar-refractivity contribution in [3.05, 3.63) is 36.0 Å². The van der Waals surface area contributed by atoms with E-state index in [1.54, 1.807) is 0 Å². The molecule has 2 rings (SSSR count). The second-order valence-electron chi connectivity index (χ2n) is 2.57. The zero-order chi connectivity index (χ0) is 8.39. The third-order valence-electron chi connectivity index (χ3n) is 1.79. The fraction of sp³-hybridized carbons (Fsp3) is 0. The Balaban J connectivity index is 2.60. The molecule has 0 aliphatic heterocycles. The lowest BCUT2D eigenvalue weighted by molar-refractivity contribution is 0.322. The minimum atomic E-state index is 0.882. The van der Waals surface area contributed by atoms with Gasteiger partial charge in [-0.15, -0.1) is 0 Å². The van der Waals surface area contributed by atoms with Crippen molar-refractivity contribution in [2.24, 2.45) is 5.16 Å². The third-order valence-corrected chi connectivity index (χ3v) is 1.79. The molecule has 0 spiro atoms. The van der Waals surface area contributed by atoms with Gasteiger partial charge in [-0.05, 0) is 23.1 Å². The van der Waals surface area contributed by atoms with Crippen LogP contribution in [-0.2, 0) is 0 Å². The molecule has 0 amide bonds. The van der Waals surface area contributed by atoms with E-state index in [0.29, 0.717) is 0 Å². The average molecular weight is 160 g/mol. The summed E-state index contributed by atoms with van der Waals surface area (Å²) >= 11 is 0. The highest BCUT2D eigenvalue weighted by atomic mass is 16.4. The molecule has 0 saturated carbocycles. The molecular weight excluding hydrogens is 152 g/mol. The molecule has 0 unspecified atom stereocenters. The third kappa shape index (κ3) is 1.05. The lowest BCUT2D eigenvalue weighted by Gasteiger charge is -1.91. The van der Waals surface area contributed by atoms with E-state index in [9.17, 15) is 0 Å². The molecule has 0 radical (unpaired) electrons. The normalized spacial score (nSPS) is 11.3. The molecule has 3 heteroatoms. The Hall–Kier alpha value is -1.77. The molecule has 2 N–H and O–H groups in total. The van der Waals surface area contributed by atoms with Gasteiger partial charge in [-0.25, -0.2) is 0 Å². The van der Waals surface area contributed by atoms with E-state index >= 15 is 0 Å². The Morgan fingerprint density at radius 1 is 1.33 bits per heavy atom. The molecule has 2 aromatic rings. The number of rotatable bonds is 1. The van der Waals surface area contributed by atoms with Crippen molar-refractivity contribution in [2.75, 3.05) is 0 Å². The van der Waals surface area contributed by atoms with Crippen LogP contribution in [0.4, 0.5) is 0 Å². The Morgan fingerprint density at radius 2 is 2.25 bits per heavy atom. The van der Waals surface area contributed by atoms with Crippen molar-refractivity contribution in [1.82, 2.24) is 4.98 Å². The highest BCUT2D eigenvalue weighted by molar-refractivity contribution is 5.88. The first-order valence-electron chi connectivity index (χ1n) is 3.65. The number of aromatic amines is 1. The number of hydrogen-bond acceptors (Lipinski definition) is 2. The SMILES string of the molecule is ON=Cc1ccc2cc[nH]c2c1. The van der Waals surface area contributed by atoms with Crippen LogP contribution in [-0.4, -0.2) is 16.4 Å². The van der Waals surface area contributed by atoms with Gasteiger partial charge in [-0.2, -0.15) is 0 Å². The van der Waals surface area contributed by atoms with Crippen LogP contribution < -0.4 is 0 Å². The zero-order valence-corrected chi connectivity index (χ0v) is 6.36. The van der Waals surface area contributed by atoms with E-state index in [-0.39, 0.29) is 0 Å². The Bertz CT molecular complexity index is 417. The summed E-state index contributed by atoms with van der Waals surface area (Å²) in [5.74, 6) is 0. The van der Waals surface area contributed by atoms with Gasteiger partial charge in [0.2, 0.25) is 0 Å². The molecular formula is C9H8N2O. The van der Waals surface area contributed by atoms with E-state index in [2.05, 4.69) is 10.1 Å². The van der Waals surface area contributed by atoms with Gasteiger partial charge in [0.25, 0.3) is 0 Å². The molecule has 60 valence electrons. The maximum atomic E-state index is 8.30. The highest BCUT2D eigenvalue weighted by Crippen LogP contribution is 2.12. The standard InChI is InChI=1S/C9H8N2O/c12-11-6-7-1-2-8-3-4-10-9(8)5-7/h1-6,10,12H. The Kier molecular flexibility index (Phi) is 1.55. The van der Waals surface area contributed by atoms with E-state index in [1.807, 2.05) is 30.5 Å².